The van der Waals surface area contributed by atoms with Gasteiger partial charge in [0, 0.05) is 36.5 Å². The van der Waals surface area contributed by atoms with Crippen molar-refractivity contribution in [3.05, 3.63) is 57.6 Å². The van der Waals surface area contributed by atoms with Crippen LogP contribution in [0.3, 0.4) is 0 Å². The van der Waals surface area contributed by atoms with Gasteiger partial charge in [0.2, 0.25) is 18.0 Å². The van der Waals surface area contributed by atoms with Crippen LogP contribution in [0.4, 0.5) is 0 Å². The van der Waals surface area contributed by atoms with Crippen LogP contribution in [-0.4, -0.2) is 58.0 Å². The first kappa shape index (κ1) is 25.1. The number of rotatable bonds is 4. The monoisotopic (exact) mass is 507 g/mol. The Hall–Kier alpha value is -3.56. The van der Waals surface area contributed by atoms with Gasteiger partial charge in [-0.05, 0) is 37.0 Å². The van der Waals surface area contributed by atoms with Gasteiger partial charge in [0.05, 0.1) is 23.3 Å². The van der Waals surface area contributed by atoms with Crippen molar-refractivity contribution in [2.75, 3.05) is 0 Å². The average Bonchev–Trinajstić information content (AvgIpc) is 2.84. The Morgan fingerprint density at radius 1 is 1.11 bits per heavy atom. The highest BCUT2D eigenvalue weighted by Crippen LogP contribution is 2.43. The number of Topliss-reactive ketones (excluding diaryl/α,β-unsaturated/α-hetero) is 1. The molecule has 2 aliphatic carbocycles. The van der Waals surface area contributed by atoms with Crippen molar-refractivity contribution in [3.63, 3.8) is 0 Å². The summed E-state index contributed by atoms with van der Waals surface area (Å²) in [5.74, 6) is -1.79. The lowest BCUT2D eigenvalue weighted by Gasteiger charge is -2.38. The zero-order valence-electron chi connectivity index (χ0n) is 20.9. The molecule has 3 N–H and O–H groups in total. The molecule has 1 amide bonds. The van der Waals surface area contributed by atoms with E-state index in [0.717, 1.165) is 6.42 Å². The van der Waals surface area contributed by atoms with Crippen molar-refractivity contribution in [1.29, 1.82) is 0 Å². The van der Waals surface area contributed by atoms with Crippen LogP contribution in [0, 0.1) is 5.92 Å². The number of carbonyl (C=O) groups excluding carboxylic acids is 4. The molecular weight excluding hydrogens is 478 g/mol. The van der Waals surface area contributed by atoms with Crippen LogP contribution >= 0.6 is 0 Å². The highest BCUT2D eigenvalue weighted by atomic mass is 16.7. The Kier molecular flexibility index (Phi) is 6.37. The second-order valence-corrected chi connectivity index (χ2v) is 10.0. The third-order valence-corrected chi connectivity index (χ3v) is 7.53. The van der Waals surface area contributed by atoms with Gasteiger partial charge < -0.3 is 25.0 Å². The van der Waals surface area contributed by atoms with Crippen molar-refractivity contribution in [1.82, 2.24) is 5.32 Å². The highest BCUT2D eigenvalue weighted by Gasteiger charge is 2.42. The number of aromatic hydroxyl groups is 1. The summed E-state index contributed by atoms with van der Waals surface area (Å²) in [7, 11) is 0. The summed E-state index contributed by atoms with van der Waals surface area (Å²) in [6.07, 6.45) is -0.792. The van der Waals surface area contributed by atoms with E-state index in [0.29, 0.717) is 12.0 Å². The molecule has 0 saturated carbocycles. The van der Waals surface area contributed by atoms with Crippen molar-refractivity contribution in [2.24, 2.45) is 5.92 Å². The number of nitrogens with one attached hydrogen (secondary N) is 1. The Morgan fingerprint density at radius 3 is 2.57 bits per heavy atom. The number of hydrogen-bond donors (Lipinski definition) is 3. The SMILES string of the molecule is CC[C@@H]1CC(=O)c2c(cc(O)c3c2C(=O)c2cccc(O[C@H]4C[C@@H](NC(C)=O)[C@@H](O)[C@H](C)O4)c2C3=O)C1. The van der Waals surface area contributed by atoms with Crippen molar-refractivity contribution in [3.8, 4) is 11.5 Å². The minimum Gasteiger partial charge on any atom is -0.507 e. The molecule has 0 unspecified atom stereocenters. The van der Waals surface area contributed by atoms with Gasteiger partial charge in [-0.15, -0.1) is 0 Å². The summed E-state index contributed by atoms with van der Waals surface area (Å²) in [4.78, 5) is 52.1. The van der Waals surface area contributed by atoms with Crippen LogP contribution in [0.25, 0.3) is 0 Å². The number of hydrogen-bond acceptors (Lipinski definition) is 8. The molecule has 5 rings (SSSR count). The third-order valence-electron chi connectivity index (χ3n) is 7.53. The van der Waals surface area contributed by atoms with Gasteiger partial charge in [0.1, 0.15) is 17.6 Å². The molecule has 5 atom stereocenters. The number of fused-ring (bicyclic) bond motifs is 4. The lowest BCUT2D eigenvalue weighted by Crippen LogP contribution is -2.55. The van der Waals surface area contributed by atoms with Crippen LogP contribution in [0.1, 0.15) is 87.8 Å². The first-order valence-corrected chi connectivity index (χ1v) is 12.5. The number of phenolic OH excluding ortho intramolecular Hbond substituents is 1. The molecule has 1 fully saturated rings. The molecule has 0 radical (unpaired) electrons. The minimum atomic E-state index is -0.948. The molecule has 0 aromatic heterocycles. The summed E-state index contributed by atoms with van der Waals surface area (Å²) >= 11 is 0. The smallest absolute Gasteiger partial charge is 0.217 e. The van der Waals surface area contributed by atoms with Crippen LogP contribution in [-0.2, 0) is 16.0 Å². The Morgan fingerprint density at radius 2 is 1.86 bits per heavy atom. The summed E-state index contributed by atoms with van der Waals surface area (Å²) in [6.45, 7) is 4.97. The lowest BCUT2D eigenvalue weighted by molar-refractivity contribution is -0.191. The fourth-order valence-electron chi connectivity index (χ4n) is 5.68. The molecular formula is C28H29NO8. The van der Waals surface area contributed by atoms with Crippen LogP contribution in [0.15, 0.2) is 24.3 Å². The lowest BCUT2D eigenvalue weighted by atomic mass is 9.73. The standard InChI is InChI=1S/C28H29NO8/c1-4-14-8-15-10-19(32)24-25(22(15)18(31)9-14)27(34)16-6-5-7-20(23(16)28(24)35)37-21-11-17(29-13(3)30)26(33)12(2)36-21/h5-7,10,12,14,17,21,26,32-33H,4,8-9,11H2,1-3H3,(H,29,30)/t12-,14-,17+,21-,26-/m0/s1. The Bertz CT molecular complexity index is 1330. The molecule has 9 nitrogen and oxygen atoms in total. The molecule has 0 bridgehead atoms. The van der Waals surface area contributed by atoms with E-state index in [1.54, 1.807) is 13.0 Å². The van der Waals surface area contributed by atoms with E-state index in [1.807, 2.05) is 6.92 Å². The molecule has 1 heterocycles. The minimum absolute atomic E-state index is 0.0246. The maximum absolute atomic E-state index is 13.7. The van der Waals surface area contributed by atoms with Gasteiger partial charge in [-0.1, -0.05) is 25.5 Å². The molecule has 3 aliphatic rings. The maximum atomic E-state index is 13.7. The molecule has 0 spiro atoms. The first-order valence-electron chi connectivity index (χ1n) is 12.5. The largest absolute Gasteiger partial charge is 0.507 e. The summed E-state index contributed by atoms with van der Waals surface area (Å²) in [5.41, 5.74) is 0.632. The summed E-state index contributed by atoms with van der Waals surface area (Å²) in [5, 5.41) is 23.9. The molecule has 9 heteroatoms. The van der Waals surface area contributed by atoms with Crippen molar-refractivity contribution in [2.45, 2.75) is 71.0 Å². The molecule has 194 valence electrons. The van der Waals surface area contributed by atoms with Crippen LogP contribution in [0.2, 0.25) is 0 Å². The topological polar surface area (TPSA) is 139 Å². The zero-order chi connectivity index (χ0) is 26.6. The fourth-order valence-corrected chi connectivity index (χ4v) is 5.68. The number of phenols is 1. The number of amides is 1. The zero-order valence-corrected chi connectivity index (χ0v) is 20.9. The summed E-state index contributed by atoms with van der Waals surface area (Å²) in [6, 6.07) is 5.39. The van der Waals surface area contributed by atoms with E-state index in [-0.39, 0.29) is 69.8 Å². The number of aliphatic hydroxyl groups excluding tert-OH is 1. The third kappa shape index (κ3) is 4.22. The number of ether oxygens (including phenoxy) is 2. The van der Waals surface area contributed by atoms with Crippen molar-refractivity contribution < 1.29 is 38.9 Å². The number of ketones is 3. The van der Waals surface area contributed by atoms with Gasteiger partial charge in [-0.2, -0.15) is 0 Å². The van der Waals surface area contributed by atoms with Gasteiger partial charge in [-0.3, -0.25) is 19.2 Å². The van der Waals surface area contributed by atoms with E-state index < -0.39 is 36.1 Å². The van der Waals surface area contributed by atoms with Gasteiger partial charge >= 0.3 is 0 Å². The predicted molar refractivity (Wildman–Crippen MR) is 131 cm³/mol. The normalized spacial score (nSPS) is 26.7. The molecule has 1 saturated heterocycles. The van der Waals surface area contributed by atoms with Gasteiger partial charge in [0.15, 0.2) is 11.6 Å². The van der Waals surface area contributed by atoms with E-state index in [2.05, 4.69) is 5.32 Å². The molecule has 37 heavy (non-hydrogen) atoms. The quantitative estimate of drug-likeness (QED) is 0.490. The maximum Gasteiger partial charge on any atom is 0.217 e. The first-order chi connectivity index (χ1) is 17.6. The number of benzene rings is 2. The van der Waals surface area contributed by atoms with Crippen LogP contribution < -0.4 is 10.1 Å². The summed E-state index contributed by atoms with van der Waals surface area (Å²) < 4.78 is 11.8. The number of aliphatic hydroxyl groups is 1. The van der Waals surface area contributed by atoms with Crippen LogP contribution in [0.5, 0.6) is 11.5 Å². The van der Waals surface area contributed by atoms with E-state index in [1.165, 1.54) is 25.1 Å². The number of carbonyl (C=O) groups is 4. The molecule has 2 aromatic rings. The molecule has 2 aromatic carbocycles. The second-order valence-electron chi connectivity index (χ2n) is 10.0. The Balaban J connectivity index is 1.53. The molecule has 1 aliphatic heterocycles. The van der Waals surface area contributed by atoms with E-state index in [4.69, 9.17) is 9.47 Å². The van der Waals surface area contributed by atoms with E-state index >= 15 is 0 Å². The predicted octanol–water partition coefficient (Wildman–Crippen LogP) is 2.70. The fraction of sp³-hybridized carbons (Fsp3) is 0.429. The van der Waals surface area contributed by atoms with Crippen molar-refractivity contribution >= 4 is 23.3 Å². The second kappa shape index (κ2) is 9.39. The average molecular weight is 508 g/mol. The van der Waals surface area contributed by atoms with Gasteiger partial charge in [0.25, 0.3) is 0 Å². The van der Waals surface area contributed by atoms with Gasteiger partial charge in [-0.25, -0.2) is 0 Å². The highest BCUT2D eigenvalue weighted by molar-refractivity contribution is 6.32. The Labute approximate surface area is 213 Å². The van der Waals surface area contributed by atoms with E-state index in [9.17, 15) is 29.4 Å².